The van der Waals surface area contributed by atoms with Gasteiger partial charge in [-0.25, -0.2) is 9.78 Å². The molecule has 144 valence electrons. The second-order valence-corrected chi connectivity index (χ2v) is 6.69. The number of carbonyl (C=O) groups excluding carboxylic acids is 1. The third-order valence-corrected chi connectivity index (χ3v) is 4.62. The molecular formula is C23H25N3O2. The minimum atomic E-state index is -0.281. The first-order valence-corrected chi connectivity index (χ1v) is 9.28. The van der Waals surface area contributed by atoms with Crippen LogP contribution < -0.4 is 15.4 Å². The van der Waals surface area contributed by atoms with Crippen molar-refractivity contribution in [1.82, 2.24) is 10.3 Å². The Labute approximate surface area is 165 Å². The molecule has 0 bridgehead atoms. The maximum Gasteiger partial charge on any atom is 0.320 e. The lowest BCUT2D eigenvalue weighted by molar-refractivity contribution is 0.251. The first-order valence-electron chi connectivity index (χ1n) is 9.28. The van der Waals surface area contributed by atoms with Crippen LogP contribution in [-0.2, 0) is 13.2 Å². The van der Waals surface area contributed by atoms with Gasteiger partial charge in [0.1, 0.15) is 18.2 Å². The Morgan fingerprint density at radius 3 is 2.14 bits per heavy atom. The molecule has 0 aliphatic carbocycles. The van der Waals surface area contributed by atoms with Gasteiger partial charge in [-0.05, 0) is 43.0 Å². The van der Waals surface area contributed by atoms with Crippen LogP contribution in [0, 0.1) is 20.8 Å². The molecule has 2 aromatic carbocycles. The van der Waals surface area contributed by atoms with Crippen molar-refractivity contribution in [3.63, 3.8) is 0 Å². The van der Waals surface area contributed by atoms with E-state index in [4.69, 9.17) is 4.74 Å². The summed E-state index contributed by atoms with van der Waals surface area (Å²) >= 11 is 0. The fourth-order valence-corrected chi connectivity index (χ4v) is 2.92. The zero-order valence-corrected chi connectivity index (χ0v) is 16.5. The van der Waals surface area contributed by atoms with Crippen LogP contribution >= 0.6 is 0 Å². The van der Waals surface area contributed by atoms with E-state index < -0.39 is 0 Å². The number of amides is 2. The Hall–Kier alpha value is -3.34. The van der Waals surface area contributed by atoms with E-state index in [-0.39, 0.29) is 6.03 Å². The highest BCUT2D eigenvalue weighted by Crippen LogP contribution is 2.29. The van der Waals surface area contributed by atoms with Crippen molar-refractivity contribution >= 4 is 11.8 Å². The van der Waals surface area contributed by atoms with Crippen molar-refractivity contribution in [2.75, 3.05) is 5.32 Å². The van der Waals surface area contributed by atoms with Gasteiger partial charge in [0.25, 0.3) is 0 Å². The first kappa shape index (κ1) is 19.4. The van der Waals surface area contributed by atoms with Crippen LogP contribution in [0.2, 0.25) is 0 Å². The highest BCUT2D eigenvalue weighted by atomic mass is 16.5. The lowest BCUT2D eigenvalue weighted by Gasteiger charge is -2.17. The zero-order chi connectivity index (χ0) is 19.9. The van der Waals surface area contributed by atoms with E-state index in [0.717, 1.165) is 33.7 Å². The lowest BCUT2D eigenvalue weighted by atomic mass is 10.1. The van der Waals surface area contributed by atoms with Crippen molar-refractivity contribution in [2.24, 2.45) is 0 Å². The number of urea groups is 1. The van der Waals surface area contributed by atoms with E-state index in [1.54, 1.807) is 0 Å². The molecule has 2 amide bonds. The Bertz CT molecular complexity index is 941. The maximum atomic E-state index is 12.3. The number of benzene rings is 2. The zero-order valence-electron chi connectivity index (χ0n) is 16.5. The number of aryl methyl sites for hydroxylation is 1. The molecule has 28 heavy (non-hydrogen) atoms. The molecule has 1 aromatic heterocycles. The third kappa shape index (κ3) is 4.88. The van der Waals surface area contributed by atoms with Gasteiger partial charge in [-0.1, -0.05) is 60.7 Å². The van der Waals surface area contributed by atoms with Crippen molar-refractivity contribution in [3.8, 4) is 5.75 Å². The molecule has 1 heterocycles. The van der Waals surface area contributed by atoms with E-state index in [0.29, 0.717) is 19.0 Å². The molecule has 0 fully saturated rings. The number of rotatable bonds is 6. The summed E-state index contributed by atoms with van der Waals surface area (Å²) < 4.78 is 6.01. The third-order valence-electron chi connectivity index (χ3n) is 4.62. The van der Waals surface area contributed by atoms with E-state index in [1.165, 1.54) is 0 Å². The Balaban J connectivity index is 1.66. The summed E-state index contributed by atoms with van der Waals surface area (Å²) in [6.07, 6.45) is 0. The summed E-state index contributed by atoms with van der Waals surface area (Å²) in [5.74, 6) is 1.31. The molecule has 0 aliphatic heterocycles. The van der Waals surface area contributed by atoms with Crippen LogP contribution in [0.1, 0.15) is 27.9 Å². The molecule has 0 spiro atoms. The quantitative estimate of drug-likeness (QED) is 0.644. The average molecular weight is 375 g/mol. The van der Waals surface area contributed by atoms with E-state index in [1.807, 2.05) is 81.4 Å². The SMILES string of the molecule is Cc1nc(NC(=O)NCc2ccccc2)c(C)c(C)c1OCc1ccccc1. The van der Waals surface area contributed by atoms with Crippen molar-refractivity contribution < 1.29 is 9.53 Å². The fourth-order valence-electron chi connectivity index (χ4n) is 2.92. The number of hydrogen-bond acceptors (Lipinski definition) is 3. The van der Waals surface area contributed by atoms with Gasteiger partial charge < -0.3 is 10.1 Å². The summed E-state index contributed by atoms with van der Waals surface area (Å²) in [5.41, 5.74) is 4.75. The summed E-state index contributed by atoms with van der Waals surface area (Å²) in [6.45, 7) is 6.75. The number of pyridine rings is 1. The number of carbonyl (C=O) groups is 1. The summed E-state index contributed by atoms with van der Waals surface area (Å²) in [5, 5.41) is 5.70. The van der Waals surface area contributed by atoms with Crippen LogP contribution in [0.4, 0.5) is 10.6 Å². The summed E-state index contributed by atoms with van der Waals surface area (Å²) in [6, 6.07) is 19.5. The maximum absolute atomic E-state index is 12.3. The number of anilines is 1. The van der Waals surface area contributed by atoms with Crippen LogP contribution in [0.15, 0.2) is 60.7 Å². The number of nitrogens with one attached hydrogen (secondary N) is 2. The van der Waals surface area contributed by atoms with Gasteiger partial charge in [-0.2, -0.15) is 0 Å². The van der Waals surface area contributed by atoms with Gasteiger partial charge in [0.2, 0.25) is 0 Å². The summed E-state index contributed by atoms with van der Waals surface area (Å²) in [7, 11) is 0. The molecule has 2 N–H and O–H groups in total. The second-order valence-electron chi connectivity index (χ2n) is 6.69. The van der Waals surface area contributed by atoms with Crippen molar-refractivity contribution in [2.45, 2.75) is 33.9 Å². The molecule has 5 nitrogen and oxygen atoms in total. The summed E-state index contributed by atoms with van der Waals surface area (Å²) in [4.78, 5) is 16.8. The molecule has 0 radical (unpaired) electrons. The molecule has 0 atom stereocenters. The van der Waals surface area contributed by atoms with Gasteiger partial charge in [0, 0.05) is 6.54 Å². The predicted molar refractivity (Wildman–Crippen MR) is 112 cm³/mol. The number of ether oxygens (including phenoxy) is 1. The molecule has 3 aromatic rings. The fraction of sp³-hybridized carbons (Fsp3) is 0.217. The number of nitrogens with zero attached hydrogens (tertiary/aromatic N) is 1. The molecular weight excluding hydrogens is 350 g/mol. The van der Waals surface area contributed by atoms with Crippen molar-refractivity contribution in [1.29, 1.82) is 0 Å². The molecule has 0 saturated heterocycles. The topological polar surface area (TPSA) is 63.2 Å². The largest absolute Gasteiger partial charge is 0.487 e. The van der Waals surface area contributed by atoms with E-state index in [9.17, 15) is 4.79 Å². The number of hydrogen-bond donors (Lipinski definition) is 2. The minimum absolute atomic E-state index is 0.281. The van der Waals surface area contributed by atoms with Gasteiger partial charge in [-0.15, -0.1) is 0 Å². The molecule has 0 unspecified atom stereocenters. The Kier molecular flexibility index (Phi) is 6.27. The predicted octanol–water partition coefficient (Wildman–Crippen LogP) is 4.91. The van der Waals surface area contributed by atoms with Crippen LogP contribution in [0.3, 0.4) is 0 Å². The molecule has 0 saturated carbocycles. The monoisotopic (exact) mass is 375 g/mol. The Morgan fingerprint density at radius 2 is 1.50 bits per heavy atom. The van der Waals surface area contributed by atoms with Crippen LogP contribution in [-0.4, -0.2) is 11.0 Å². The molecule has 3 rings (SSSR count). The smallest absolute Gasteiger partial charge is 0.320 e. The highest BCUT2D eigenvalue weighted by molar-refractivity contribution is 5.89. The van der Waals surface area contributed by atoms with Crippen LogP contribution in [0.5, 0.6) is 5.75 Å². The van der Waals surface area contributed by atoms with Gasteiger partial charge in [0.15, 0.2) is 0 Å². The van der Waals surface area contributed by atoms with E-state index >= 15 is 0 Å². The van der Waals surface area contributed by atoms with Gasteiger partial charge in [0.05, 0.1) is 5.69 Å². The standard InChI is InChI=1S/C23H25N3O2/c1-16-17(2)22(26-23(27)24-14-19-10-6-4-7-11-19)25-18(3)21(16)28-15-20-12-8-5-9-13-20/h4-13H,14-15H2,1-3H3,(H2,24,25,26,27). The van der Waals surface area contributed by atoms with Gasteiger partial charge >= 0.3 is 6.03 Å². The minimum Gasteiger partial charge on any atom is -0.487 e. The number of aromatic nitrogens is 1. The van der Waals surface area contributed by atoms with Crippen molar-refractivity contribution in [3.05, 3.63) is 88.6 Å². The normalized spacial score (nSPS) is 10.4. The lowest BCUT2D eigenvalue weighted by Crippen LogP contribution is -2.29. The molecule has 5 heteroatoms. The Morgan fingerprint density at radius 1 is 0.893 bits per heavy atom. The van der Waals surface area contributed by atoms with Gasteiger partial charge in [-0.3, -0.25) is 5.32 Å². The van der Waals surface area contributed by atoms with Crippen LogP contribution in [0.25, 0.3) is 0 Å². The molecule has 0 aliphatic rings. The van der Waals surface area contributed by atoms with E-state index in [2.05, 4.69) is 15.6 Å². The average Bonchev–Trinajstić information content (AvgIpc) is 2.72. The highest BCUT2D eigenvalue weighted by Gasteiger charge is 2.15. The second kappa shape index (κ2) is 9.04. The first-order chi connectivity index (χ1) is 13.5.